The van der Waals surface area contributed by atoms with Crippen molar-refractivity contribution >= 4 is 40.3 Å². The minimum atomic E-state index is -0.161. The molecule has 0 unspecified atom stereocenters. The molecule has 1 N–H and O–H groups in total. The van der Waals surface area contributed by atoms with Gasteiger partial charge in [0.1, 0.15) is 0 Å². The lowest BCUT2D eigenvalue weighted by Crippen LogP contribution is -2.07. The summed E-state index contributed by atoms with van der Waals surface area (Å²) in [4.78, 5) is 14.9. The van der Waals surface area contributed by atoms with E-state index >= 15 is 0 Å². The second kappa shape index (κ2) is 6.89. The van der Waals surface area contributed by atoms with E-state index in [1.54, 1.807) is 17.4 Å². The lowest BCUT2D eigenvalue weighted by atomic mass is 10.3. The van der Waals surface area contributed by atoms with Crippen LogP contribution in [0.15, 0.2) is 34.1 Å². The van der Waals surface area contributed by atoms with Gasteiger partial charge in [0, 0.05) is 22.3 Å². The molecule has 0 spiro atoms. The second-order valence-electron chi connectivity index (χ2n) is 4.77. The number of nitrogens with zero attached hydrogens (tertiary/aromatic N) is 2. The molecular formula is C16H15N3O2S2. The summed E-state index contributed by atoms with van der Waals surface area (Å²) in [5.74, 6) is 0.936. The van der Waals surface area contributed by atoms with Gasteiger partial charge in [-0.25, -0.2) is 0 Å². The van der Waals surface area contributed by atoms with Crippen LogP contribution >= 0.6 is 22.7 Å². The van der Waals surface area contributed by atoms with Gasteiger partial charge in [0.15, 0.2) is 0 Å². The van der Waals surface area contributed by atoms with Crippen LogP contribution in [0.2, 0.25) is 0 Å². The Bertz CT molecular complexity index is 832. The van der Waals surface area contributed by atoms with Gasteiger partial charge in [0.05, 0.1) is 10.6 Å². The Morgan fingerprint density at radius 3 is 3.00 bits per heavy atom. The standard InChI is InChI=1S/C16H15N3O2S2/c1-3-15-18-19-16(21-15)13-9-12(10(2)23-13)17-14(20)7-6-11-5-4-8-22-11/h4-9H,3H2,1-2H3,(H,17,20)/b7-6+. The van der Waals surface area contributed by atoms with Crippen molar-refractivity contribution in [3.8, 4) is 10.8 Å². The summed E-state index contributed by atoms with van der Waals surface area (Å²) in [5, 5.41) is 12.8. The zero-order chi connectivity index (χ0) is 16.2. The molecule has 0 aliphatic rings. The Kier molecular flexibility index (Phi) is 4.68. The first kappa shape index (κ1) is 15.6. The molecule has 0 radical (unpaired) electrons. The van der Waals surface area contributed by atoms with E-state index in [-0.39, 0.29) is 5.91 Å². The maximum Gasteiger partial charge on any atom is 0.257 e. The zero-order valence-corrected chi connectivity index (χ0v) is 14.3. The summed E-state index contributed by atoms with van der Waals surface area (Å²) in [7, 11) is 0. The fourth-order valence-corrected chi connectivity index (χ4v) is 3.44. The molecule has 23 heavy (non-hydrogen) atoms. The summed E-state index contributed by atoms with van der Waals surface area (Å²) in [6.45, 7) is 3.91. The van der Waals surface area contributed by atoms with Crippen molar-refractivity contribution in [2.75, 3.05) is 5.32 Å². The van der Waals surface area contributed by atoms with Crippen molar-refractivity contribution in [2.24, 2.45) is 0 Å². The van der Waals surface area contributed by atoms with Gasteiger partial charge in [-0.05, 0) is 30.5 Å². The third-order valence-corrected chi connectivity index (χ3v) is 4.97. The lowest BCUT2D eigenvalue weighted by Gasteiger charge is -1.99. The van der Waals surface area contributed by atoms with E-state index in [2.05, 4.69) is 15.5 Å². The van der Waals surface area contributed by atoms with Crippen LogP contribution in [-0.4, -0.2) is 16.1 Å². The third kappa shape index (κ3) is 3.75. The first-order valence-corrected chi connectivity index (χ1v) is 8.81. The molecule has 0 bridgehead atoms. The molecule has 0 fully saturated rings. The number of aromatic nitrogens is 2. The van der Waals surface area contributed by atoms with Crippen LogP contribution in [-0.2, 0) is 11.2 Å². The fraction of sp³-hybridized carbons (Fsp3) is 0.188. The minimum Gasteiger partial charge on any atom is -0.420 e. The van der Waals surface area contributed by atoms with Crippen LogP contribution in [0.4, 0.5) is 5.69 Å². The second-order valence-corrected chi connectivity index (χ2v) is 7.01. The first-order chi connectivity index (χ1) is 11.2. The topological polar surface area (TPSA) is 68.0 Å². The van der Waals surface area contributed by atoms with Crippen molar-refractivity contribution < 1.29 is 9.21 Å². The van der Waals surface area contributed by atoms with Crippen molar-refractivity contribution in [1.29, 1.82) is 0 Å². The molecule has 3 heterocycles. The first-order valence-electron chi connectivity index (χ1n) is 7.11. The Hall–Kier alpha value is -2.25. The lowest BCUT2D eigenvalue weighted by molar-refractivity contribution is -0.111. The van der Waals surface area contributed by atoms with Gasteiger partial charge in [-0.2, -0.15) is 0 Å². The van der Waals surface area contributed by atoms with Gasteiger partial charge in [-0.1, -0.05) is 13.0 Å². The summed E-state index contributed by atoms with van der Waals surface area (Å²) < 4.78 is 5.55. The van der Waals surface area contributed by atoms with E-state index in [1.807, 2.05) is 37.4 Å². The van der Waals surface area contributed by atoms with Gasteiger partial charge >= 0.3 is 0 Å². The maximum atomic E-state index is 12.0. The van der Waals surface area contributed by atoms with E-state index in [4.69, 9.17) is 4.42 Å². The number of nitrogens with one attached hydrogen (secondary N) is 1. The molecule has 3 rings (SSSR count). The van der Waals surface area contributed by atoms with E-state index in [9.17, 15) is 4.79 Å². The van der Waals surface area contributed by atoms with Gasteiger partial charge in [-0.15, -0.1) is 32.9 Å². The third-order valence-electron chi connectivity index (χ3n) is 3.10. The normalized spacial score (nSPS) is 11.2. The van der Waals surface area contributed by atoms with Crippen LogP contribution in [0.25, 0.3) is 16.8 Å². The molecule has 0 saturated heterocycles. The maximum absolute atomic E-state index is 12.0. The minimum absolute atomic E-state index is 0.161. The quantitative estimate of drug-likeness (QED) is 0.697. The van der Waals surface area contributed by atoms with E-state index in [0.29, 0.717) is 18.2 Å². The Morgan fingerprint density at radius 1 is 1.43 bits per heavy atom. The Balaban J connectivity index is 1.72. The summed E-state index contributed by atoms with van der Waals surface area (Å²) in [6, 6.07) is 5.78. The van der Waals surface area contributed by atoms with E-state index < -0.39 is 0 Å². The summed E-state index contributed by atoms with van der Waals surface area (Å²) in [5.41, 5.74) is 0.766. The van der Waals surface area contributed by atoms with Gasteiger partial charge in [-0.3, -0.25) is 4.79 Å². The smallest absolute Gasteiger partial charge is 0.257 e. The van der Waals surface area contributed by atoms with Crippen molar-refractivity contribution in [3.05, 3.63) is 45.3 Å². The average molecular weight is 345 g/mol. The molecular weight excluding hydrogens is 330 g/mol. The molecule has 3 aromatic rings. The van der Waals surface area contributed by atoms with Crippen LogP contribution in [0, 0.1) is 6.92 Å². The highest BCUT2D eigenvalue weighted by Crippen LogP contribution is 2.33. The summed E-state index contributed by atoms with van der Waals surface area (Å²) in [6.07, 6.45) is 4.03. The molecule has 0 saturated carbocycles. The van der Waals surface area contributed by atoms with Crippen LogP contribution in [0.1, 0.15) is 22.6 Å². The molecule has 118 valence electrons. The largest absolute Gasteiger partial charge is 0.420 e. The van der Waals surface area contributed by atoms with Gasteiger partial charge in [0.2, 0.25) is 11.8 Å². The number of carbonyl (C=O) groups excluding carboxylic acids is 1. The number of hydrogen-bond donors (Lipinski definition) is 1. The van der Waals surface area contributed by atoms with E-state index in [0.717, 1.165) is 20.3 Å². The molecule has 3 aromatic heterocycles. The number of carbonyl (C=O) groups is 1. The number of hydrogen-bond acceptors (Lipinski definition) is 6. The van der Waals surface area contributed by atoms with Crippen molar-refractivity contribution in [3.63, 3.8) is 0 Å². The average Bonchev–Trinajstić information content (AvgIpc) is 3.26. The highest BCUT2D eigenvalue weighted by Gasteiger charge is 2.14. The molecule has 0 atom stereocenters. The molecule has 5 nitrogen and oxygen atoms in total. The fourth-order valence-electron chi connectivity index (χ4n) is 1.93. The molecule has 0 aromatic carbocycles. The van der Waals surface area contributed by atoms with Gasteiger partial charge in [0.25, 0.3) is 5.89 Å². The van der Waals surface area contributed by atoms with Crippen LogP contribution in [0.5, 0.6) is 0 Å². The highest BCUT2D eigenvalue weighted by molar-refractivity contribution is 7.16. The van der Waals surface area contributed by atoms with E-state index in [1.165, 1.54) is 17.4 Å². The number of rotatable bonds is 5. The highest BCUT2D eigenvalue weighted by atomic mass is 32.1. The van der Waals surface area contributed by atoms with Crippen molar-refractivity contribution in [2.45, 2.75) is 20.3 Å². The van der Waals surface area contributed by atoms with Crippen molar-refractivity contribution in [1.82, 2.24) is 10.2 Å². The number of amides is 1. The molecule has 0 aliphatic carbocycles. The Labute approximate surface area is 141 Å². The van der Waals surface area contributed by atoms with Crippen LogP contribution in [0.3, 0.4) is 0 Å². The number of aryl methyl sites for hydroxylation is 2. The summed E-state index contributed by atoms with van der Waals surface area (Å²) >= 11 is 3.10. The SMILES string of the molecule is CCc1nnc(-c2cc(NC(=O)/C=C/c3cccs3)c(C)s2)o1. The predicted octanol–water partition coefficient (Wildman–Crippen LogP) is 4.38. The number of anilines is 1. The Morgan fingerprint density at radius 2 is 2.30 bits per heavy atom. The number of thiophene rings is 2. The van der Waals surface area contributed by atoms with Crippen LogP contribution < -0.4 is 5.32 Å². The zero-order valence-electron chi connectivity index (χ0n) is 12.7. The molecule has 1 amide bonds. The monoisotopic (exact) mass is 345 g/mol. The van der Waals surface area contributed by atoms with Gasteiger partial charge < -0.3 is 9.73 Å². The predicted molar refractivity (Wildman–Crippen MR) is 93.7 cm³/mol. The molecule has 7 heteroatoms. The molecule has 0 aliphatic heterocycles.